The molecular weight excluding hydrogens is 709 g/mol. The van der Waals surface area contributed by atoms with Gasteiger partial charge in [-0.15, -0.1) is 0 Å². The summed E-state index contributed by atoms with van der Waals surface area (Å²) in [4.78, 5) is 70.7. The van der Waals surface area contributed by atoms with Gasteiger partial charge in [0.25, 0.3) is 11.8 Å². The molecule has 5 aromatic rings. The molecule has 5 heterocycles. The van der Waals surface area contributed by atoms with E-state index in [1.807, 2.05) is 36.4 Å². The van der Waals surface area contributed by atoms with Crippen molar-refractivity contribution in [2.45, 2.75) is 76.0 Å². The summed E-state index contributed by atoms with van der Waals surface area (Å²) in [7, 11) is 2.09. The number of hydrogen-bond acceptors (Lipinski definition) is 11. The Morgan fingerprint density at radius 3 is 2.29 bits per heavy atom. The van der Waals surface area contributed by atoms with E-state index in [2.05, 4.69) is 66.6 Å². The Kier molecular flexibility index (Phi) is 9.41. The average Bonchev–Trinajstić information content (AvgIpc) is 3.92. The summed E-state index contributed by atoms with van der Waals surface area (Å²) >= 11 is 0. The minimum absolute atomic E-state index is 0.0947. The molecule has 3 aliphatic heterocycles. The zero-order valence-corrected chi connectivity index (χ0v) is 31.3. The zero-order valence-electron chi connectivity index (χ0n) is 31.3. The second kappa shape index (κ2) is 14.8. The summed E-state index contributed by atoms with van der Waals surface area (Å²) < 4.78 is 2.25. The van der Waals surface area contributed by atoms with Crippen molar-refractivity contribution in [1.82, 2.24) is 34.6 Å². The minimum atomic E-state index is -0.970. The van der Waals surface area contributed by atoms with E-state index in [4.69, 9.17) is 9.97 Å². The highest BCUT2D eigenvalue weighted by Crippen LogP contribution is 2.36. The first-order valence-corrected chi connectivity index (χ1v) is 19.5. The highest BCUT2D eigenvalue weighted by Gasteiger charge is 2.44. The number of piperidine rings is 2. The first kappa shape index (κ1) is 35.5. The molecule has 286 valence electrons. The standard InChI is InChI=1S/C42H44N10O4/c1-49(25-26-11-16-32-33(23-26)40(56)52(39(32)55)35-17-18-36(53)47-38(35)54)29-19-21-50(22-20-29)30-14-12-28(13-15-30)44-41-43-24-34-37(48-41)51(31-9-5-6-10-31)42(46-34)45-27-7-3-2-4-8-27/h2-4,7-8,11-16,23-24,29,31,35H,5-6,9-10,17-22,25H2,1H3,(H,45,46)(H,43,44,48)(H,47,53,54). The molecule has 4 aliphatic rings. The van der Waals surface area contributed by atoms with Crippen LogP contribution in [0.2, 0.25) is 0 Å². The number of rotatable bonds is 10. The van der Waals surface area contributed by atoms with Crippen LogP contribution >= 0.6 is 0 Å². The number of carbonyl (C=O) groups excluding carboxylic acids is 4. The van der Waals surface area contributed by atoms with E-state index < -0.39 is 23.8 Å². The lowest BCUT2D eigenvalue weighted by Gasteiger charge is -2.38. The topological polar surface area (TPSA) is 158 Å². The fourth-order valence-electron chi connectivity index (χ4n) is 8.68. The number of imidazole rings is 1. The molecule has 14 heteroatoms. The van der Waals surface area contributed by atoms with Crippen LogP contribution in [-0.4, -0.2) is 85.2 Å². The number of nitrogens with zero attached hydrogens (tertiary/aromatic N) is 7. The largest absolute Gasteiger partial charge is 0.371 e. The number of hydrogen-bond donors (Lipinski definition) is 3. The van der Waals surface area contributed by atoms with Gasteiger partial charge >= 0.3 is 0 Å². The number of nitrogens with one attached hydrogen (secondary N) is 3. The van der Waals surface area contributed by atoms with Crippen molar-refractivity contribution in [3.05, 3.63) is 95.7 Å². The molecule has 3 aromatic carbocycles. The Morgan fingerprint density at radius 2 is 1.54 bits per heavy atom. The third-order valence-electron chi connectivity index (χ3n) is 11.7. The molecular formula is C42H44N10O4. The van der Waals surface area contributed by atoms with Crippen molar-refractivity contribution in [3.63, 3.8) is 0 Å². The van der Waals surface area contributed by atoms with Crippen LogP contribution in [0, 0.1) is 0 Å². The molecule has 4 amide bonds. The van der Waals surface area contributed by atoms with Gasteiger partial charge in [0.2, 0.25) is 23.7 Å². The Bertz CT molecular complexity index is 2310. The van der Waals surface area contributed by atoms with Gasteiger partial charge in [-0.1, -0.05) is 37.1 Å². The first-order valence-electron chi connectivity index (χ1n) is 19.5. The van der Waals surface area contributed by atoms with Crippen LogP contribution in [-0.2, 0) is 16.1 Å². The van der Waals surface area contributed by atoms with Crippen molar-refractivity contribution in [3.8, 4) is 0 Å². The second-order valence-corrected chi connectivity index (χ2v) is 15.3. The Morgan fingerprint density at radius 1 is 0.804 bits per heavy atom. The molecule has 14 nitrogen and oxygen atoms in total. The van der Waals surface area contributed by atoms with Gasteiger partial charge in [-0.3, -0.25) is 38.9 Å². The Hall–Kier alpha value is -6.15. The number of aromatic nitrogens is 4. The van der Waals surface area contributed by atoms with Crippen molar-refractivity contribution < 1.29 is 19.2 Å². The monoisotopic (exact) mass is 752 g/mol. The van der Waals surface area contributed by atoms with E-state index in [0.717, 1.165) is 83.4 Å². The third-order valence-corrected chi connectivity index (χ3v) is 11.7. The number of carbonyl (C=O) groups is 4. The second-order valence-electron chi connectivity index (χ2n) is 15.3. The number of benzene rings is 3. The summed E-state index contributed by atoms with van der Waals surface area (Å²) in [5.74, 6) is -0.636. The smallest absolute Gasteiger partial charge is 0.262 e. The van der Waals surface area contributed by atoms with Gasteiger partial charge in [0, 0.05) is 55.2 Å². The molecule has 0 radical (unpaired) electrons. The molecule has 3 N–H and O–H groups in total. The normalized spacial score (nSPS) is 19.3. The summed E-state index contributed by atoms with van der Waals surface area (Å²) in [6.45, 7) is 2.44. The summed E-state index contributed by atoms with van der Waals surface area (Å²) in [6, 6.07) is 23.6. The number of anilines is 5. The van der Waals surface area contributed by atoms with Crippen molar-refractivity contribution >= 4 is 63.8 Å². The van der Waals surface area contributed by atoms with Gasteiger partial charge in [0.15, 0.2) is 5.65 Å². The van der Waals surface area contributed by atoms with Crippen LogP contribution in [0.1, 0.15) is 83.7 Å². The fourth-order valence-corrected chi connectivity index (χ4v) is 8.68. The molecule has 9 rings (SSSR count). The number of imide groups is 2. The minimum Gasteiger partial charge on any atom is -0.371 e. The van der Waals surface area contributed by atoms with Crippen LogP contribution in [0.25, 0.3) is 11.2 Å². The van der Waals surface area contributed by atoms with Gasteiger partial charge < -0.3 is 15.5 Å². The Balaban J connectivity index is 0.813. The summed E-state index contributed by atoms with van der Waals surface area (Å²) in [5, 5.41) is 9.16. The number of fused-ring (bicyclic) bond motifs is 2. The lowest BCUT2D eigenvalue weighted by molar-refractivity contribution is -0.136. The zero-order chi connectivity index (χ0) is 38.3. The van der Waals surface area contributed by atoms with Gasteiger partial charge in [0.1, 0.15) is 11.6 Å². The first-order chi connectivity index (χ1) is 27.3. The van der Waals surface area contributed by atoms with Crippen molar-refractivity contribution in [1.29, 1.82) is 0 Å². The van der Waals surface area contributed by atoms with Crippen LogP contribution in [0.15, 0.2) is 79.0 Å². The lowest BCUT2D eigenvalue weighted by Crippen LogP contribution is -2.54. The third kappa shape index (κ3) is 6.85. The van der Waals surface area contributed by atoms with Crippen LogP contribution < -0.4 is 20.9 Å². The van der Waals surface area contributed by atoms with Crippen molar-refractivity contribution in [2.75, 3.05) is 35.7 Å². The van der Waals surface area contributed by atoms with Crippen molar-refractivity contribution in [2.24, 2.45) is 0 Å². The fraction of sp³-hybridized carbons (Fsp3) is 0.357. The van der Waals surface area contributed by atoms with Crippen LogP contribution in [0.5, 0.6) is 0 Å². The van der Waals surface area contributed by atoms with Gasteiger partial charge in [-0.2, -0.15) is 4.98 Å². The molecule has 0 spiro atoms. The number of amides is 4. The van der Waals surface area contributed by atoms with E-state index in [9.17, 15) is 19.2 Å². The molecule has 1 atom stereocenters. The Labute approximate surface area is 324 Å². The van der Waals surface area contributed by atoms with Crippen LogP contribution in [0.4, 0.5) is 29.0 Å². The van der Waals surface area contributed by atoms with E-state index >= 15 is 0 Å². The predicted octanol–water partition coefficient (Wildman–Crippen LogP) is 5.93. The van der Waals surface area contributed by atoms with Crippen LogP contribution in [0.3, 0.4) is 0 Å². The maximum atomic E-state index is 13.3. The molecule has 2 saturated heterocycles. The van der Waals surface area contributed by atoms with Gasteiger partial charge in [-0.05, 0) is 93.2 Å². The van der Waals surface area contributed by atoms with E-state index in [0.29, 0.717) is 35.7 Å². The van der Waals surface area contributed by atoms with E-state index in [-0.39, 0.29) is 18.7 Å². The number of para-hydroxylation sites is 1. The van der Waals surface area contributed by atoms with Gasteiger partial charge in [0.05, 0.1) is 17.3 Å². The lowest BCUT2D eigenvalue weighted by atomic mass is 10.0. The van der Waals surface area contributed by atoms with E-state index in [1.165, 1.54) is 12.8 Å². The quantitative estimate of drug-likeness (QED) is 0.145. The molecule has 1 saturated carbocycles. The SMILES string of the molecule is CN(Cc1ccc2c(c1)C(=O)N(C1CCC(=O)NC1=O)C2=O)C1CCN(c2ccc(Nc3ncc4nc(Nc5ccccc5)n(C5CCCC5)c4n3)cc2)CC1. The molecule has 1 unspecified atom stereocenters. The maximum Gasteiger partial charge on any atom is 0.262 e. The summed E-state index contributed by atoms with van der Waals surface area (Å²) in [5.41, 5.74) is 6.19. The highest BCUT2D eigenvalue weighted by molar-refractivity contribution is 6.23. The highest BCUT2D eigenvalue weighted by atomic mass is 16.2. The molecule has 56 heavy (non-hydrogen) atoms. The average molecular weight is 753 g/mol. The maximum absolute atomic E-state index is 13.3. The van der Waals surface area contributed by atoms with E-state index in [1.54, 1.807) is 18.3 Å². The molecule has 1 aliphatic carbocycles. The molecule has 3 fully saturated rings. The predicted molar refractivity (Wildman–Crippen MR) is 212 cm³/mol. The summed E-state index contributed by atoms with van der Waals surface area (Å²) in [6.07, 6.45) is 8.59. The van der Waals surface area contributed by atoms with Gasteiger partial charge in [-0.25, -0.2) is 9.97 Å². The molecule has 0 bridgehead atoms. The molecule has 2 aromatic heterocycles.